The van der Waals surface area contributed by atoms with E-state index in [0.29, 0.717) is 12.2 Å². The summed E-state index contributed by atoms with van der Waals surface area (Å²) < 4.78 is 5.33. The molecule has 2 nitrogen and oxygen atoms in total. The minimum atomic E-state index is -0.176. The van der Waals surface area contributed by atoms with Gasteiger partial charge in [-0.15, -0.1) is 0 Å². The van der Waals surface area contributed by atoms with Crippen LogP contribution in [0, 0.1) is 0 Å². The highest BCUT2D eigenvalue weighted by Crippen LogP contribution is 2.13. The van der Waals surface area contributed by atoms with Crippen molar-refractivity contribution in [1.29, 1.82) is 0 Å². The molecule has 0 saturated carbocycles. The molecule has 0 fully saturated rings. The monoisotopic (exact) mass is 352 g/mol. The van der Waals surface area contributed by atoms with E-state index >= 15 is 0 Å². The quantitative estimate of drug-likeness (QED) is 0.135. The van der Waals surface area contributed by atoms with Gasteiger partial charge in [0.25, 0.3) is 0 Å². The predicted molar refractivity (Wildman–Crippen MR) is 110 cm³/mol. The van der Waals surface area contributed by atoms with Crippen LogP contribution in [-0.2, 0) is 9.53 Å². The van der Waals surface area contributed by atoms with E-state index in [4.69, 9.17) is 4.74 Å². The summed E-state index contributed by atoms with van der Waals surface area (Å²) in [7, 11) is 0. The van der Waals surface area contributed by atoms with Crippen LogP contribution in [-0.4, -0.2) is 12.6 Å². The minimum Gasteiger partial charge on any atom is -0.462 e. The van der Waals surface area contributed by atoms with Crippen molar-refractivity contribution in [3.8, 4) is 0 Å². The third-order valence-electron chi connectivity index (χ3n) is 4.85. The topological polar surface area (TPSA) is 26.3 Å². The van der Waals surface area contributed by atoms with Gasteiger partial charge in [0.15, 0.2) is 0 Å². The van der Waals surface area contributed by atoms with E-state index in [1.54, 1.807) is 0 Å². The minimum absolute atomic E-state index is 0.176. The molecule has 25 heavy (non-hydrogen) atoms. The average Bonchev–Trinajstić information content (AvgIpc) is 2.62. The SMILES string of the molecule is C=C(CCCCCCCC)C(=O)OCCCCCCCCCCCC. The van der Waals surface area contributed by atoms with Crippen molar-refractivity contribution >= 4 is 5.97 Å². The number of carbonyl (C=O) groups excluding carboxylic acids is 1. The predicted octanol–water partition coefficient (Wildman–Crippen LogP) is 7.76. The molecule has 0 radical (unpaired) electrons. The van der Waals surface area contributed by atoms with Gasteiger partial charge in [-0.05, 0) is 19.3 Å². The first-order valence-corrected chi connectivity index (χ1v) is 11.1. The summed E-state index contributed by atoms with van der Waals surface area (Å²) in [6.07, 6.45) is 21.2. The molecular weight excluding hydrogens is 308 g/mol. The molecule has 0 unspecified atom stereocenters. The van der Waals surface area contributed by atoms with Crippen LogP contribution in [0.5, 0.6) is 0 Å². The van der Waals surface area contributed by atoms with Crippen LogP contribution >= 0.6 is 0 Å². The molecule has 0 aromatic heterocycles. The Bertz CT molecular complexity index is 309. The Kier molecular flexibility index (Phi) is 18.9. The van der Waals surface area contributed by atoms with Crippen molar-refractivity contribution in [3.05, 3.63) is 12.2 Å². The lowest BCUT2D eigenvalue weighted by atomic mass is 10.1. The van der Waals surface area contributed by atoms with Crippen molar-refractivity contribution < 1.29 is 9.53 Å². The summed E-state index contributed by atoms with van der Waals surface area (Å²) in [5.74, 6) is -0.176. The Hall–Kier alpha value is -0.790. The lowest BCUT2D eigenvalue weighted by molar-refractivity contribution is -0.139. The van der Waals surface area contributed by atoms with Crippen LogP contribution in [0.4, 0.5) is 0 Å². The van der Waals surface area contributed by atoms with Crippen molar-refractivity contribution in [2.24, 2.45) is 0 Å². The lowest BCUT2D eigenvalue weighted by Crippen LogP contribution is -2.08. The maximum Gasteiger partial charge on any atom is 0.333 e. The molecule has 0 aliphatic rings. The smallest absolute Gasteiger partial charge is 0.333 e. The van der Waals surface area contributed by atoms with Crippen LogP contribution in [0.2, 0.25) is 0 Å². The highest BCUT2D eigenvalue weighted by Gasteiger charge is 2.07. The van der Waals surface area contributed by atoms with Gasteiger partial charge in [-0.2, -0.15) is 0 Å². The van der Waals surface area contributed by atoms with Gasteiger partial charge in [0.1, 0.15) is 0 Å². The maximum absolute atomic E-state index is 11.8. The standard InChI is InChI=1S/C23H44O2/c1-4-6-8-10-12-13-14-15-17-19-21-25-23(24)22(3)20-18-16-11-9-7-5-2/h3-21H2,1-2H3. The number of hydrogen-bond donors (Lipinski definition) is 0. The highest BCUT2D eigenvalue weighted by molar-refractivity contribution is 5.87. The molecule has 0 aromatic rings. The van der Waals surface area contributed by atoms with E-state index in [2.05, 4.69) is 20.4 Å². The van der Waals surface area contributed by atoms with E-state index in [9.17, 15) is 4.79 Å². The first-order valence-electron chi connectivity index (χ1n) is 11.1. The van der Waals surface area contributed by atoms with Crippen molar-refractivity contribution in [2.75, 3.05) is 6.61 Å². The average molecular weight is 353 g/mol. The van der Waals surface area contributed by atoms with Crippen LogP contribution in [0.1, 0.15) is 123 Å². The summed E-state index contributed by atoms with van der Waals surface area (Å²) in [6, 6.07) is 0. The summed E-state index contributed by atoms with van der Waals surface area (Å²) in [6.45, 7) is 8.93. The van der Waals surface area contributed by atoms with E-state index in [1.807, 2.05) is 0 Å². The lowest BCUT2D eigenvalue weighted by Gasteiger charge is -2.07. The maximum atomic E-state index is 11.8. The Morgan fingerprint density at radius 3 is 1.52 bits per heavy atom. The Morgan fingerprint density at radius 1 is 0.640 bits per heavy atom. The summed E-state index contributed by atoms with van der Waals surface area (Å²) >= 11 is 0. The number of hydrogen-bond acceptors (Lipinski definition) is 2. The van der Waals surface area contributed by atoms with Gasteiger partial charge in [-0.1, -0.05) is 110 Å². The van der Waals surface area contributed by atoms with Crippen molar-refractivity contribution in [3.63, 3.8) is 0 Å². The fraction of sp³-hybridized carbons (Fsp3) is 0.870. The zero-order valence-corrected chi connectivity index (χ0v) is 17.3. The van der Waals surface area contributed by atoms with E-state index in [1.165, 1.54) is 89.9 Å². The molecule has 0 N–H and O–H groups in total. The zero-order chi connectivity index (χ0) is 18.6. The Morgan fingerprint density at radius 2 is 1.04 bits per heavy atom. The number of rotatable bonds is 19. The van der Waals surface area contributed by atoms with E-state index in [0.717, 1.165) is 19.3 Å². The van der Waals surface area contributed by atoms with Gasteiger partial charge in [0, 0.05) is 5.57 Å². The molecule has 148 valence electrons. The molecule has 0 bridgehead atoms. The molecule has 0 atom stereocenters. The molecule has 0 aliphatic carbocycles. The largest absolute Gasteiger partial charge is 0.462 e. The van der Waals surface area contributed by atoms with Gasteiger partial charge in [-0.25, -0.2) is 4.79 Å². The summed E-state index contributed by atoms with van der Waals surface area (Å²) in [5, 5.41) is 0. The van der Waals surface area contributed by atoms with Crippen LogP contribution in [0.15, 0.2) is 12.2 Å². The van der Waals surface area contributed by atoms with Crippen LogP contribution < -0.4 is 0 Å². The highest BCUT2D eigenvalue weighted by atomic mass is 16.5. The second-order valence-corrected chi connectivity index (χ2v) is 7.44. The molecule has 0 heterocycles. The molecular formula is C23H44O2. The first kappa shape index (κ1) is 24.2. The van der Waals surface area contributed by atoms with Gasteiger partial charge >= 0.3 is 5.97 Å². The molecule has 0 amide bonds. The van der Waals surface area contributed by atoms with Crippen molar-refractivity contribution in [1.82, 2.24) is 0 Å². The van der Waals surface area contributed by atoms with Crippen molar-refractivity contribution in [2.45, 2.75) is 123 Å². The molecule has 2 heteroatoms. The second kappa shape index (κ2) is 19.5. The third kappa shape index (κ3) is 17.8. The number of esters is 1. The summed E-state index contributed by atoms with van der Waals surface area (Å²) in [5.41, 5.74) is 0.655. The Balaban J connectivity index is 3.32. The van der Waals surface area contributed by atoms with Crippen LogP contribution in [0.25, 0.3) is 0 Å². The molecule has 0 aliphatic heterocycles. The number of carbonyl (C=O) groups is 1. The normalized spacial score (nSPS) is 10.8. The van der Waals surface area contributed by atoms with Gasteiger partial charge < -0.3 is 4.74 Å². The van der Waals surface area contributed by atoms with E-state index < -0.39 is 0 Å². The number of unbranched alkanes of at least 4 members (excludes halogenated alkanes) is 14. The number of ether oxygens (including phenoxy) is 1. The fourth-order valence-corrected chi connectivity index (χ4v) is 3.08. The van der Waals surface area contributed by atoms with E-state index in [-0.39, 0.29) is 5.97 Å². The fourth-order valence-electron chi connectivity index (χ4n) is 3.08. The molecule has 0 rings (SSSR count). The molecule has 0 saturated heterocycles. The van der Waals surface area contributed by atoms with Gasteiger partial charge in [0.2, 0.25) is 0 Å². The zero-order valence-electron chi connectivity index (χ0n) is 17.3. The van der Waals surface area contributed by atoms with Gasteiger partial charge in [0.05, 0.1) is 6.61 Å². The second-order valence-electron chi connectivity index (χ2n) is 7.44. The first-order chi connectivity index (χ1) is 12.2. The third-order valence-corrected chi connectivity index (χ3v) is 4.85. The molecule has 0 aromatic carbocycles. The van der Waals surface area contributed by atoms with Gasteiger partial charge in [-0.3, -0.25) is 0 Å². The summed E-state index contributed by atoms with van der Waals surface area (Å²) in [4.78, 5) is 11.8. The van der Waals surface area contributed by atoms with Crippen LogP contribution in [0.3, 0.4) is 0 Å². The molecule has 0 spiro atoms. The Labute approximate surface area is 157 Å².